The summed E-state index contributed by atoms with van der Waals surface area (Å²) in [5.74, 6) is 1.05. The Balaban J connectivity index is 2.07. The van der Waals surface area contributed by atoms with Gasteiger partial charge in [0.05, 0.1) is 11.2 Å². The molecule has 0 spiro atoms. The smallest absolute Gasteiger partial charge is 0.110 e. The fourth-order valence-corrected chi connectivity index (χ4v) is 2.19. The molecule has 1 aromatic carbocycles. The fraction of sp³-hybridized carbons (Fsp3) is 0.133. The maximum absolute atomic E-state index is 4.65. The van der Waals surface area contributed by atoms with E-state index in [4.69, 9.17) is 0 Å². The molecule has 0 aliphatic carbocycles. The molecule has 84 valence electrons. The average Bonchev–Trinajstić information content (AvgIpc) is 2.69. The van der Waals surface area contributed by atoms with E-state index in [9.17, 15) is 0 Å². The molecule has 2 heterocycles. The first-order valence-electron chi connectivity index (χ1n) is 5.81. The quantitative estimate of drug-likeness (QED) is 0.650. The topological polar surface area (TPSA) is 17.3 Å². The molecule has 0 saturated heterocycles. The van der Waals surface area contributed by atoms with E-state index >= 15 is 0 Å². The third-order valence-corrected chi connectivity index (χ3v) is 3.02. The zero-order valence-electron chi connectivity index (χ0n) is 9.80. The van der Waals surface area contributed by atoms with Crippen molar-refractivity contribution >= 4 is 5.52 Å². The summed E-state index contributed by atoms with van der Waals surface area (Å²) < 4.78 is 2.14. The molecule has 0 bridgehead atoms. The third-order valence-electron chi connectivity index (χ3n) is 3.02. The van der Waals surface area contributed by atoms with Gasteiger partial charge in [-0.1, -0.05) is 36.4 Å². The summed E-state index contributed by atoms with van der Waals surface area (Å²) in [6.45, 7) is 2.04. The molecule has 0 aliphatic heterocycles. The number of fused-ring (bicyclic) bond motifs is 1. The molecular formula is C15H14N2. The number of aromatic nitrogens is 2. The second kappa shape index (κ2) is 4.06. The molecular weight excluding hydrogens is 208 g/mol. The Bertz CT molecular complexity index is 638. The van der Waals surface area contributed by atoms with Gasteiger partial charge in [-0.15, -0.1) is 0 Å². The molecule has 2 heteroatoms. The number of imidazole rings is 1. The van der Waals surface area contributed by atoms with Crippen molar-refractivity contribution in [3.63, 3.8) is 0 Å². The lowest BCUT2D eigenvalue weighted by Gasteiger charge is -1.99. The highest BCUT2D eigenvalue weighted by Gasteiger charge is 2.07. The van der Waals surface area contributed by atoms with Crippen LogP contribution in [-0.2, 0) is 6.42 Å². The van der Waals surface area contributed by atoms with Gasteiger partial charge in [0.15, 0.2) is 0 Å². The Kier molecular flexibility index (Phi) is 2.41. The van der Waals surface area contributed by atoms with Gasteiger partial charge in [-0.05, 0) is 24.6 Å². The molecule has 0 saturated carbocycles. The van der Waals surface area contributed by atoms with E-state index in [2.05, 4.69) is 52.0 Å². The Hall–Kier alpha value is -2.09. The Morgan fingerprint density at radius 1 is 1.00 bits per heavy atom. The highest BCUT2D eigenvalue weighted by atomic mass is 15.0. The van der Waals surface area contributed by atoms with Crippen LogP contribution >= 0.6 is 0 Å². The first-order valence-corrected chi connectivity index (χ1v) is 5.81. The summed E-state index contributed by atoms with van der Waals surface area (Å²) in [6.07, 6.45) is 2.95. The van der Waals surface area contributed by atoms with Crippen molar-refractivity contribution in [2.24, 2.45) is 0 Å². The van der Waals surface area contributed by atoms with Crippen LogP contribution in [0.3, 0.4) is 0 Å². The molecule has 0 fully saturated rings. The van der Waals surface area contributed by atoms with Gasteiger partial charge in [-0.3, -0.25) is 0 Å². The van der Waals surface area contributed by atoms with Crippen molar-refractivity contribution in [1.29, 1.82) is 0 Å². The van der Waals surface area contributed by atoms with Crippen molar-refractivity contribution in [3.8, 4) is 0 Å². The predicted molar refractivity (Wildman–Crippen MR) is 69.2 cm³/mol. The maximum Gasteiger partial charge on any atom is 0.110 e. The first-order chi connectivity index (χ1) is 8.34. The molecule has 0 atom stereocenters. The average molecular weight is 222 g/mol. The third kappa shape index (κ3) is 1.82. The lowest BCUT2D eigenvalue weighted by molar-refractivity contribution is 1.02. The zero-order chi connectivity index (χ0) is 11.7. The minimum Gasteiger partial charge on any atom is -0.304 e. The monoisotopic (exact) mass is 222 g/mol. The van der Waals surface area contributed by atoms with Gasteiger partial charge in [0.1, 0.15) is 5.82 Å². The Morgan fingerprint density at radius 2 is 1.76 bits per heavy atom. The van der Waals surface area contributed by atoms with Crippen molar-refractivity contribution < 1.29 is 0 Å². The predicted octanol–water partition coefficient (Wildman–Crippen LogP) is 3.23. The van der Waals surface area contributed by atoms with Gasteiger partial charge in [0, 0.05) is 12.6 Å². The molecule has 2 nitrogen and oxygen atoms in total. The summed E-state index contributed by atoms with van der Waals surface area (Å²) in [6, 6.07) is 16.7. The minimum atomic E-state index is 0.891. The van der Waals surface area contributed by atoms with Gasteiger partial charge in [-0.2, -0.15) is 0 Å². The van der Waals surface area contributed by atoms with E-state index in [1.54, 1.807) is 0 Å². The number of hydrogen-bond donors (Lipinski definition) is 0. The van der Waals surface area contributed by atoms with Gasteiger partial charge >= 0.3 is 0 Å². The van der Waals surface area contributed by atoms with E-state index in [1.807, 2.05) is 19.1 Å². The minimum absolute atomic E-state index is 0.891. The van der Waals surface area contributed by atoms with Crippen LogP contribution < -0.4 is 0 Å². The van der Waals surface area contributed by atoms with Crippen LogP contribution in [-0.4, -0.2) is 9.38 Å². The highest BCUT2D eigenvalue weighted by molar-refractivity contribution is 5.54. The van der Waals surface area contributed by atoms with Crippen LogP contribution in [0.25, 0.3) is 5.52 Å². The second-order valence-corrected chi connectivity index (χ2v) is 4.22. The van der Waals surface area contributed by atoms with Gasteiger partial charge in [0.2, 0.25) is 0 Å². The van der Waals surface area contributed by atoms with E-state index < -0.39 is 0 Å². The number of hydrogen-bond acceptors (Lipinski definition) is 1. The summed E-state index contributed by atoms with van der Waals surface area (Å²) in [7, 11) is 0. The van der Waals surface area contributed by atoms with Crippen LogP contribution in [0.4, 0.5) is 0 Å². The van der Waals surface area contributed by atoms with Crippen LogP contribution in [0.15, 0.2) is 54.7 Å². The van der Waals surface area contributed by atoms with Gasteiger partial charge < -0.3 is 4.40 Å². The lowest BCUT2D eigenvalue weighted by Crippen LogP contribution is -1.89. The molecule has 3 rings (SSSR count). The highest BCUT2D eigenvalue weighted by Crippen LogP contribution is 2.16. The first kappa shape index (κ1) is 10.1. The summed E-state index contributed by atoms with van der Waals surface area (Å²) >= 11 is 0. The van der Waals surface area contributed by atoms with Gasteiger partial charge in [0.25, 0.3) is 0 Å². The second-order valence-electron chi connectivity index (χ2n) is 4.22. The normalized spacial score (nSPS) is 10.9. The van der Waals surface area contributed by atoms with Crippen LogP contribution in [0.2, 0.25) is 0 Å². The maximum atomic E-state index is 4.65. The zero-order valence-corrected chi connectivity index (χ0v) is 9.80. The van der Waals surface area contributed by atoms with Gasteiger partial charge in [-0.25, -0.2) is 4.98 Å². The molecule has 3 aromatic rings. The largest absolute Gasteiger partial charge is 0.304 e. The fourth-order valence-electron chi connectivity index (χ4n) is 2.19. The van der Waals surface area contributed by atoms with E-state index in [0.717, 1.165) is 17.9 Å². The van der Waals surface area contributed by atoms with E-state index in [-0.39, 0.29) is 0 Å². The van der Waals surface area contributed by atoms with Crippen molar-refractivity contribution in [2.75, 3.05) is 0 Å². The number of pyridine rings is 1. The van der Waals surface area contributed by atoms with Crippen molar-refractivity contribution in [3.05, 3.63) is 71.8 Å². The molecule has 0 amide bonds. The summed E-state index contributed by atoms with van der Waals surface area (Å²) in [5.41, 5.74) is 3.65. The Morgan fingerprint density at radius 3 is 2.59 bits per heavy atom. The van der Waals surface area contributed by atoms with Crippen LogP contribution in [0, 0.1) is 6.92 Å². The van der Waals surface area contributed by atoms with E-state index in [1.165, 1.54) is 11.1 Å². The van der Waals surface area contributed by atoms with Crippen molar-refractivity contribution in [2.45, 2.75) is 13.3 Å². The molecule has 0 radical (unpaired) electrons. The number of aryl methyl sites for hydroxylation is 1. The Labute approximate surface area is 101 Å². The molecule has 0 N–H and O–H groups in total. The van der Waals surface area contributed by atoms with Crippen LogP contribution in [0.5, 0.6) is 0 Å². The summed E-state index contributed by atoms with van der Waals surface area (Å²) in [5, 5.41) is 0. The van der Waals surface area contributed by atoms with Crippen LogP contribution in [0.1, 0.15) is 17.1 Å². The number of nitrogens with zero attached hydrogens (tertiary/aromatic N) is 2. The van der Waals surface area contributed by atoms with Crippen molar-refractivity contribution in [1.82, 2.24) is 9.38 Å². The number of benzene rings is 1. The van der Waals surface area contributed by atoms with E-state index in [0.29, 0.717) is 0 Å². The molecule has 0 unspecified atom stereocenters. The number of rotatable bonds is 2. The SMILES string of the molecule is Cc1nc(Cc2ccccc2)c2ccccn12. The molecule has 0 aliphatic rings. The summed E-state index contributed by atoms with van der Waals surface area (Å²) in [4.78, 5) is 4.65. The lowest BCUT2D eigenvalue weighted by atomic mass is 10.1. The molecule has 17 heavy (non-hydrogen) atoms. The molecule has 2 aromatic heterocycles. The standard InChI is InChI=1S/C15H14N2/c1-12-16-14(11-13-7-3-2-4-8-13)15-9-5-6-10-17(12)15/h2-10H,11H2,1H3.